The van der Waals surface area contributed by atoms with Gasteiger partial charge in [-0.05, 0) is 36.4 Å². The molecular weight excluding hydrogens is 308 g/mol. The maximum Gasteiger partial charge on any atom is 0.184 e. The number of halogens is 3. The molecule has 0 saturated heterocycles. The number of nitrogen functional groups attached to an aromatic ring is 1. The van der Waals surface area contributed by atoms with Gasteiger partial charge in [0.15, 0.2) is 9.84 Å². The quantitative estimate of drug-likeness (QED) is 0.884. The molecule has 0 radical (unpaired) electrons. The average molecular weight is 318 g/mol. The standard InChI is InChI=1S/C13H10ClF2NO2S/c14-9-1-4-13(12(17)6-9)20(18,19)7-8-5-10(15)2-3-11(8)16/h1-6H,7,17H2. The molecule has 0 amide bonds. The van der Waals surface area contributed by atoms with Crippen LogP contribution in [0.4, 0.5) is 14.5 Å². The third-order valence-electron chi connectivity index (χ3n) is 2.66. The minimum atomic E-state index is -3.89. The number of hydrogen-bond donors (Lipinski definition) is 1. The van der Waals surface area contributed by atoms with Gasteiger partial charge in [0.1, 0.15) is 11.6 Å². The van der Waals surface area contributed by atoms with Gasteiger partial charge in [0.2, 0.25) is 0 Å². The molecule has 0 aliphatic heterocycles. The van der Waals surface area contributed by atoms with Crippen LogP contribution in [0.5, 0.6) is 0 Å². The summed E-state index contributed by atoms with van der Waals surface area (Å²) in [5.41, 5.74) is 5.31. The van der Waals surface area contributed by atoms with Crippen LogP contribution in [0.2, 0.25) is 5.02 Å². The van der Waals surface area contributed by atoms with E-state index in [1.807, 2.05) is 0 Å². The Morgan fingerprint density at radius 3 is 2.45 bits per heavy atom. The molecule has 3 nitrogen and oxygen atoms in total. The summed E-state index contributed by atoms with van der Waals surface area (Å²) >= 11 is 5.69. The second kappa shape index (κ2) is 5.38. The molecule has 106 valence electrons. The average Bonchev–Trinajstić information content (AvgIpc) is 2.33. The molecule has 20 heavy (non-hydrogen) atoms. The highest BCUT2D eigenvalue weighted by atomic mass is 35.5. The molecule has 0 bridgehead atoms. The molecule has 0 saturated carbocycles. The smallest absolute Gasteiger partial charge is 0.184 e. The summed E-state index contributed by atoms with van der Waals surface area (Å²) in [7, 11) is -3.89. The monoisotopic (exact) mass is 317 g/mol. The van der Waals surface area contributed by atoms with Gasteiger partial charge in [0.05, 0.1) is 16.3 Å². The van der Waals surface area contributed by atoms with Crippen molar-refractivity contribution in [1.29, 1.82) is 0 Å². The van der Waals surface area contributed by atoms with Crippen LogP contribution in [-0.4, -0.2) is 8.42 Å². The van der Waals surface area contributed by atoms with Crippen LogP contribution in [0.3, 0.4) is 0 Å². The van der Waals surface area contributed by atoms with Crippen LogP contribution in [-0.2, 0) is 15.6 Å². The Labute approximate surface area is 119 Å². The third kappa shape index (κ3) is 3.08. The molecular formula is C13H10ClF2NO2S. The summed E-state index contributed by atoms with van der Waals surface area (Å²) in [6, 6.07) is 6.54. The first-order valence-corrected chi connectivity index (χ1v) is 7.54. The Morgan fingerprint density at radius 2 is 1.80 bits per heavy atom. The molecule has 2 aromatic rings. The highest BCUT2D eigenvalue weighted by Crippen LogP contribution is 2.26. The summed E-state index contributed by atoms with van der Waals surface area (Å²) in [6.45, 7) is 0. The number of rotatable bonds is 3. The SMILES string of the molecule is Nc1cc(Cl)ccc1S(=O)(=O)Cc1cc(F)ccc1F. The lowest BCUT2D eigenvalue weighted by atomic mass is 10.2. The van der Waals surface area contributed by atoms with Gasteiger partial charge in [-0.3, -0.25) is 0 Å². The Balaban J connectivity index is 2.43. The van der Waals surface area contributed by atoms with E-state index in [1.54, 1.807) is 0 Å². The lowest BCUT2D eigenvalue weighted by molar-refractivity contribution is 0.579. The van der Waals surface area contributed by atoms with Crippen molar-refractivity contribution in [3.63, 3.8) is 0 Å². The lowest BCUT2D eigenvalue weighted by Gasteiger charge is -2.08. The van der Waals surface area contributed by atoms with Crippen molar-refractivity contribution in [2.45, 2.75) is 10.6 Å². The zero-order valence-electron chi connectivity index (χ0n) is 10.1. The van der Waals surface area contributed by atoms with E-state index < -0.39 is 27.2 Å². The van der Waals surface area contributed by atoms with E-state index in [0.29, 0.717) is 5.02 Å². The van der Waals surface area contributed by atoms with Crippen molar-refractivity contribution in [3.8, 4) is 0 Å². The van der Waals surface area contributed by atoms with E-state index in [0.717, 1.165) is 18.2 Å². The van der Waals surface area contributed by atoms with Crippen molar-refractivity contribution in [2.24, 2.45) is 0 Å². The van der Waals surface area contributed by atoms with Gasteiger partial charge >= 0.3 is 0 Å². The molecule has 0 unspecified atom stereocenters. The van der Waals surface area contributed by atoms with Crippen molar-refractivity contribution in [2.75, 3.05) is 5.73 Å². The zero-order chi connectivity index (χ0) is 14.9. The van der Waals surface area contributed by atoms with Crippen LogP contribution < -0.4 is 5.73 Å². The van der Waals surface area contributed by atoms with Gasteiger partial charge < -0.3 is 5.73 Å². The van der Waals surface area contributed by atoms with Crippen LogP contribution in [0.15, 0.2) is 41.3 Å². The molecule has 0 atom stereocenters. The fraction of sp³-hybridized carbons (Fsp3) is 0.0769. The van der Waals surface area contributed by atoms with Crippen molar-refractivity contribution in [1.82, 2.24) is 0 Å². The molecule has 0 aromatic heterocycles. The van der Waals surface area contributed by atoms with Gasteiger partial charge in [0, 0.05) is 10.6 Å². The van der Waals surface area contributed by atoms with Gasteiger partial charge in [-0.2, -0.15) is 0 Å². The molecule has 0 fully saturated rings. The number of anilines is 1. The lowest BCUT2D eigenvalue weighted by Crippen LogP contribution is -2.09. The highest BCUT2D eigenvalue weighted by molar-refractivity contribution is 7.90. The topological polar surface area (TPSA) is 60.2 Å². The normalized spacial score (nSPS) is 11.6. The first-order chi connectivity index (χ1) is 9.29. The van der Waals surface area contributed by atoms with Crippen LogP contribution in [0.1, 0.15) is 5.56 Å². The van der Waals surface area contributed by atoms with E-state index in [-0.39, 0.29) is 16.1 Å². The molecule has 0 aliphatic rings. The minimum Gasteiger partial charge on any atom is -0.398 e. The second-order valence-corrected chi connectivity index (χ2v) is 6.57. The number of hydrogen-bond acceptors (Lipinski definition) is 3. The fourth-order valence-corrected chi connectivity index (χ4v) is 3.40. The summed E-state index contributed by atoms with van der Waals surface area (Å²) in [4.78, 5) is -0.162. The van der Waals surface area contributed by atoms with Crippen molar-refractivity contribution < 1.29 is 17.2 Å². The van der Waals surface area contributed by atoms with E-state index in [9.17, 15) is 17.2 Å². The maximum atomic E-state index is 13.5. The summed E-state index contributed by atoms with van der Waals surface area (Å²) < 4.78 is 50.9. The Hall–Kier alpha value is -1.66. The van der Waals surface area contributed by atoms with Gasteiger partial charge in [-0.1, -0.05) is 11.6 Å². The molecule has 2 aromatic carbocycles. The Morgan fingerprint density at radius 1 is 1.10 bits per heavy atom. The molecule has 7 heteroatoms. The van der Waals surface area contributed by atoms with E-state index >= 15 is 0 Å². The maximum absolute atomic E-state index is 13.5. The minimum absolute atomic E-state index is 0.0330. The number of sulfone groups is 1. The summed E-state index contributed by atoms with van der Waals surface area (Å²) in [5.74, 6) is -2.18. The summed E-state index contributed by atoms with van der Waals surface area (Å²) in [5, 5.41) is 0.290. The molecule has 2 N–H and O–H groups in total. The van der Waals surface area contributed by atoms with Crippen LogP contribution in [0.25, 0.3) is 0 Å². The van der Waals surface area contributed by atoms with Crippen LogP contribution >= 0.6 is 11.6 Å². The molecule has 2 rings (SSSR count). The van der Waals surface area contributed by atoms with E-state index in [4.69, 9.17) is 17.3 Å². The largest absolute Gasteiger partial charge is 0.398 e. The van der Waals surface area contributed by atoms with Crippen LogP contribution in [0, 0.1) is 11.6 Å². The number of nitrogens with two attached hydrogens (primary N) is 1. The molecule has 0 heterocycles. The van der Waals surface area contributed by atoms with E-state index in [2.05, 4.69) is 0 Å². The Bertz CT molecular complexity index is 763. The summed E-state index contributed by atoms with van der Waals surface area (Å²) in [6.07, 6.45) is 0. The number of benzene rings is 2. The first kappa shape index (κ1) is 14.7. The van der Waals surface area contributed by atoms with Crippen molar-refractivity contribution in [3.05, 3.63) is 58.6 Å². The van der Waals surface area contributed by atoms with Gasteiger partial charge in [0.25, 0.3) is 0 Å². The molecule has 0 spiro atoms. The third-order valence-corrected chi connectivity index (χ3v) is 4.63. The van der Waals surface area contributed by atoms with Gasteiger partial charge in [-0.15, -0.1) is 0 Å². The Kier molecular flexibility index (Phi) is 3.96. The first-order valence-electron chi connectivity index (χ1n) is 5.51. The van der Waals surface area contributed by atoms with Crippen molar-refractivity contribution >= 4 is 27.1 Å². The highest BCUT2D eigenvalue weighted by Gasteiger charge is 2.20. The van der Waals surface area contributed by atoms with E-state index in [1.165, 1.54) is 18.2 Å². The van der Waals surface area contributed by atoms with Gasteiger partial charge in [-0.25, -0.2) is 17.2 Å². The predicted molar refractivity (Wildman–Crippen MR) is 73.1 cm³/mol. The fourth-order valence-electron chi connectivity index (χ4n) is 1.74. The zero-order valence-corrected chi connectivity index (χ0v) is 11.7. The second-order valence-electron chi connectivity index (χ2n) is 4.18. The molecule has 0 aliphatic carbocycles. The predicted octanol–water partition coefficient (Wildman–Crippen LogP) is 3.17.